The minimum absolute atomic E-state index is 0.127. The van der Waals surface area contributed by atoms with Gasteiger partial charge in [0, 0.05) is 16.4 Å². The van der Waals surface area contributed by atoms with Gasteiger partial charge in [0.05, 0.1) is 10.6 Å². The van der Waals surface area contributed by atoms with Gasteiger partial charge in [-0.05, 0) is 43.4 Å². The van der Waals surface area contributed by atoms with E-state index in [9.17, 15) is 4.79 Å². The number of rotatable bonds is 3. The molecule has 1 aliphatic rings. The van der Waals surface area contributed by atoms with Crippen molar-refractivity contribution >= 4 is 45.0 Å². The molecule has 0 radical (unpaired) electrons. The van der Waals surface area contributed by atoms with Crippen molar-refractivity contribution in [1.82, 2.24) is 5.32 Å². The molecule has 2 unspecified atom stereocenters. The number of carbonyl (C=O) groups excluding carboxylic acids is 1. The van der Waals surface area contributed by atoms with Gasteiger partial charge < -0.3 is 5.32 Å². The Kier molecular flexibility index (Phi) is 5.55. The Morgan fingerprint density at radius 2 is 2.16 bits per heavy atom. The molecule has 1 fully saturated rings. The van der Waals surface area contributed by atoms with E-state index >= 15 is 0 Å². The molecule has 5 heteroatoms. The molecule has 104 valence electrons. The molecule has 1 amide bonds. The van der Waals surface area contributed by atoms with Crippen LogP contribution >= 0.6 is 39.1 Å². The van der Waals surface area contributed by atoms with E-state index in [0.717, 1.165) is 6.42 Å². The second kappa shape index (κ2) is 6.96. The number of nitrogens with one attached hydrogen (secondary N) is 1. The summed E-state index contributed by atoms with van der Waals surface area (Å²) >= 11 is 15.5. The monoisotopic (exact) mass is 363 g/mol. The Morgan fingerprint density at radius 1 is 1.37 bits per heavy atom. The summed E-state index contributed by atoms with van der Waals surface area (Å²) in [6, 6.07) is 4.93. The van der Waals surface area contributed by atoms with Gasteiger partial charge in [-0.2, -0.15) is 0 Å². The summed E-state index contributed by atoms with van der Waals surface area (Å²) in [5.74, 6) is 0.423. The molecule has 2 atom stereocenters. The number of alkyl halides is 1. The van der Waals surface area contributed by atoms with E-state index in [4.69, 9.17) is 23.2 Å². The fourth-order valence-electron chi connectivity index (χ4n) is 2.42. The maximum atomic E-state index is 12.1. The zero-order valence-corrected chi connectivity index (χ0v) is 13.6. The van der Waals surface area contributed by atoms with Crippen LogP contribution in [0.15, 0.2) is 18.2 Å². The number of hydrogen-bond donors (Lipinski definition) is 1. The van der Waals surface area contributed by atoms with Crippen LogP contribution in [0.25, 0.3) is 0 Å². The van der Waals surface area contributed by atoms with Gasteiger partial charge in [0.1, 0.15) is 0 Å². The Morgan fingerprint density at radius 3 is 2.84 bits per heavy atom. The highest BCUT2D eigenvalue weighted by Gasteiger charge is 2.21. The molecule has 0 spiro atoms. The van der Waals surface area contributed by atoms with Gasteiger partial charge in [0.15, 0.2) is 0 Å². The summed E-state index contributed by atoms with van der Waals surface area (Å²) in [6.45, 7) is 0.708. The zero-order valence-electron chi connectivity index (χ0n) is 10.5. The van der Waals surface area contributed by atoms with E-state index in [-0.39, 0.29) is 5.91 Å². The van der Waals surface area contributed by atoms with Crippen molar-refractivity contribution in [2.75, 3.05) is 6.54 Å². The Bertz CT molecular complexity index is 467. The number of carbonyl (C=O) groups is 1. The number of amides is 1. The maximum Gasteiger partial charge on any atom is 0.252 e. The van der Waals surface area contributed by atoms with Crippen molar-refractivity contribution in [3.8, 4) is 0 Å². The van der Waals surface area contributed by atoms with Gasteiger partial charge in [-0.1, -0.05) is 45.6 Å². The molecule has 1 aromatic carbocycles. The average Bonchev–Trinajstić information content (AvgIpc) is 2.36. The summed E-state index contributed by atoms with van der Waals surface area (Å²) in [4.78, 5) is 12.6. The quantitative estimate of drug-likeness (QED) is 0.775. The third-order valence-corrected chi connectivity index (χ3v) is 4.83. The Balaban J connectivity index is 1.90. The number of hydrogen-bond acceptors (Lipinski definition) is 1. The first-order valence-electron chi connectivity index (χ1n) is 6.43. The molecule has 19 heavy (non-hydrogen) atoms. The van der Waals surface area contributed by atoms with Gasteiger partial charge >= 0.3 is 0 Å². The Hall–Kier alpha value is -0.250. The fraction of sp³-hybridized carbons (Fsp3) is 0.500. The van der Waals surface area contributed by atoms with E-state index in [2.05, 4.69) is 21.2 Å². The van der Waals surface area contributed by atoms with Crippen molar-refractivity contribution in [3.63, 3.8) is 0 Å². The van der Waals surface area contributed by atoms with Crippen molar-refractivity contribution in [3.05, 3.63) is 33.8 Å². The Labute approximate surface area is 132 Å². The van der Waals surface area contributed by atoms with E-state index < -0.39 is 0 Å². The second-order valence-corrected chi connectivity index (χ2v) is 7.10. The lowest BCUT2D eigenvalue weighted by Gasteiger charge is -2.25. The maximum absolute atomic E-state index is 12.1. The van der Waals surface area contributed by atoms with Crippen molar-refractivity contribution in [2.24, 2.45) is 5.92 Å². The van der Waals surface area contributed by atoms with Crippen LogP contribution in [0.2, 0.25) is 10.0 Å². The number of benzene rings is 1. The van der Waals surface area contributed by atoms with Crippen molar-refractivity contribution in [2.45, 2.75) is 30.5 Å². The second-order valence-electron chi connectivity index (χ2n) is 4.96. The van der Waals surface area contributed by atoms with Crippen LogP contribution in [-0.4, -0.2) is 17.3 Å². The van der Waals surface area contributed by atoms with E-state index in [1.807, 2.05) is 0 Å². The predicted molar refractivity (Wildman–Crippen MR) is 83.5 cm³/mol. The predicted octanol–water partition coefficient (Wildman–Crippen LogP) is 4.68. The molecule has 1 N–H and O–H groups in total. The summed E-state index contributed by atoms with van der Waals surface area (Å²) in [5, 5.41) is 3.90. The third kappa shape index (κ3) is 4.37. The normalized spacial score (nSPS) is 23.1. The molecule has 2 rings (SSSR count). The third-order valence-electron chi connectivity index (χ3n) is 3.45. The molecule has 1 aliphatic carbocycles. The summed E-state index contributed by atoms with van der Waals surface area (Å²) in [7, 11) is 0. The molecule has 2 nitrogen and oxygen atoms in total. The lowest BCUT2D eigenvalue weighted by Crippen LogP contribution is -2.32. The van der Waals surface area contributed by atoms with Crippen molar-refractivity contribution in [1.29, 1.82) is 0 Å². The van der Waals surface area contributed by atoms with Gasteiger partial charge in [0.2, 0.25) is 0 Å². The van der Waals surface area contributed by atoms with E-state index in [1.165, 1.54) is 19.3 Å². The summed E-state index contributed by atoms with van der Waals surface area (Å²) < 4.78 is 0. The SMILES string of the molecule is O=C(NCC1CCCC(Br)C1)c1ccc(Cl)cc1Cl. The van der Waals surface area contributed by atoms with Gasteiger partial charge in [-0.15, -0.1) is 0 Å². The van der Waals surface area contributed by atoms with Crippen LogP contribution < -0.4 is 5.32 Å². The lowest BCUT2D eigenvalue weighted by atomic mass is 9.89. The first kappa shape index (κ1) is 15.1. The van der Waals surface area contributed by atoms with Crippen LogP contribution in [0.1, 0.15) is 36.0 Å². The van der Waals surface area contributed by atoms with Gasteiger partial charge in [-0.25, -0.2) is 0 Å². The highest BCUT2D eigenvalue weighted by Crippen LogP contribution is 2.28. The molecular weight excluding hydrogens is 349 g/mol. The molecule has 0 saturated heterocycles. The minimum Gasteiger partial charge on any atom is -0.352 e. The van der Waals surface area contributed by atoms with Crippen LogP contribution in [0, 0.1) is 5.92 Å². The smallest absolute Gasteiger partial charge is 0.252 e. The van der Waals surface area contributed by atoms with E-state index in [1.54, 1.807) is 18.2 Å². The first-order chi connectivity index (χ1) is 9.06. The number of halogens is 3. The molecule has 1 saturated carbocycles. The highest BCUT2D eigenvalue weighted by molar-refractivity contribution is 9.09. The highest BCUT2D eigenvalue weighted by atomic mass is 79.9. The van der Waals surface area contributed by atoms with Gasteiger partial charge in [0.25, 0.3) is 5.91 Å². The van der Waals surface area contributed by atoms with Crippen molar-refractivity contribution < 1.29 is 4.79 Å². The molecular formula is C14H16BrCl2NO. The topological polar surface area (TPSA) is 29.1 Å². The standard InChI is InChI=1S/C14H16BrCl2NO/c15-10-3-1-2-9(6-10)8-18-14(19)12-5-4-11(16)7-13(12)17/h4-5,7,9-10H,1-3,6,8H2,(H,18,19). The van der Waals surface area contributed by atoms with Crippen LogP contribution in [-0.2, 0) is 0 Å². The summed E-state index contributed by atoms with van der Waals surface area (Å²) in [6.07, 6.45) is 4.75. The minimum atomic E-state index is -0.127. The van der Waals surface area contributed by atoms with Gasteiger partial charge in [-0.3, -0.25) is 4.79 Å². The first-order valence-corrected chi connectivity index (χ1v) is 8.10. The average molecular weight is 365 g/mol. The van der Waals surface area contributed by atoms with Crippen LogP contribution in [0.4, 0.5) is 0 Å². The molecule has 0 bridgehead atoms. The molecule has 0 aromatic heterocycles. The molecule has 0 aliphatic heterocycles. The fourth-order valence-corrected chi connectivity index (χ4v) is 3.76. The zero-order chi connectivity index (χ0) is 13.8. The largest absolute Gasteiger partial charge is 0.352 e. The van der Waals surface area contributed by atoms with Crippen LogP contribution in [0.5, 0.6) is 0 Å². The van der Waals surface area contributed by atoms with E-state index in [0.29, 0.717) is 32.9 Å². The lowest BCUT2D eigenvalue weighted by molar-refractivity contribution is 0.0944. The molecule has 1 aromatic rings. The summed E-state index contributed by atoms with van der Waals surface area (Å²) in [5.41, 5.74) is 0.484. The van der Waals surface area contributed by atoms with Crippen LogP contribution in [0.3, 0.4) is 0 Å². The molecule has 0 heterocycles.